The third-order valence-electron chi connectivity index (χ3n) is 6.72. The SMILES string of the molecule is O=C1c2ccc(Oc3ccc4c(c3)C(=O)N(OS(=O)(=O)Oc3ccc(OC(F)(F)F)cc3)C4=O)cc2C(=O)N1OS(=O)(=O)Oc1ccc(OC(F)(F)F)cc1. The van der Waals surface area contributed by atoms with Crippen LogP contribution in [0, 0.1) is 0 Å². The van der Waals surface area contributed by atoms with Crippen molar-refractivity contribution in [2.75, 3.05) is 0 Å². The van der Waals surface area contributed by atoms with E-state index in [0.29, 0.717) is 0 Å². The molecule has 25 heteroatoms. The highest BCUT2D eigenvalue weighted by molar-refractivity contribution is 7.82. The number of alkyl halides is 6. The molecular weight excluding hydrogens is 806 g/mol. The van der Waals surface area contributed by atoms with Crippen molar-refractivity contribution in [3.05, 3.63) is 107 Å². The molecule has 0 atom stereocenters. The van der Waals surface area contributed by atoms with E-state index in [1.807, 2.05) is 0 Å². The fourth-order valence-corrected chi connectivity index (χ4v) is 6.03. The number of amides is 4. The molecule has 288 valence electrons. The summed E-state index contributed by atoms with van der Waals surface area (Å²) in [5.74, 6) is -8.10. The topological polar surface area (TPSA) is 208 Å². The summed E-state index contributed by atoms with van der Waals surface area (Å²) in [7, 11) is -10.5. The number of hydrogen-bond donors (Lipinski definition) is 0. The van der Waals surface area contributed by atoms with Gasteiger partial charge in [0, 0.05) is 0 Å². The Morgan fingerprint density at radius 1 is 0.418 bits per heavy atom. The smallest absolute Gasteiger partial charge is 0.457 e. The third-order valence-corrected chi connectivity index (χ3v) is 8.18. The first-order valence-electron chi connectivity index (χ1n) is 14.3. The summed E-state index contributed by atoms with van der Waals surface area (Å²) in [6.45, 7) is 0. The molecule has 4 aromatic rings. The first-order valence-corrected chi connectivity index (χ1v) is 17.0. The second kappa shape index (κ2) is 13.8. The average Bonchev–Trinajstić information content (AvgIpc) is 3.44. The van der Waals surface area contributed by atoms with Crippen LogP contribution < -0.4 is 22.6 Å². The lowest BCUT2D eigenvalue weighted by molar-refractivity contribution is -0.275. The molecule has 4 amide bonds. The Bertz CT molecular complexity index is 2290. The number of benzene rings is 4. The van der Waals surface area contributed by atoms with Crippen molar-refractivity contribution in [1.29, 1.82) is 0 Å². The Kier molecular flexibility index (Phi) is 9.58. The molecule has 0 aromatic heterocycles. The quantitative estimate of drug-likeness (QED) is 0.136. The maximum atomic E-state index is 13.0. The predicted octanol–water partition coefficient (Wildman–Crippen LogP) is 4.98. The molecule has 2 heterocycles. The van der Waals surface area contributed by atoms with Crippen molar-refractivity contribution >= 4 is 44.4 Å². The van der Waals surface area contributed by atoms with Gasteiger partial charge in [-0.05, 0) is 84.9 Å². The molecule has 6 rings (SSSR count). The summed E-state index contributed by atoms with van der Waals surface area (Å²) in [5.41, 5.74) is -1.60. The molecule has 55 heavy (non-hydrogen) atoms. The molecular formula is C30H14F6N2O15S2. The van der Waals surface area contributed by atoms with Crippen LogP contribution in [0.15, 0.2) is 84.9 Å². The first-order chi connectivity index (χ1) is 25.6. The van der Waals surface area contributed by atoms with Crippen molar-refractivity contribution < 1.29 is 93.5 Å². The summed E-state index contributed by atoms with van der Waals surface area (Å²) < 4.78 is 155. The molecule has 0 saturated heterocycles. The Hall–Kier alpha value is -6.44. The van der Waals surface area contributed by atoms with Gasteiger partial charge >= 0.3 is 33.5 Å². The number of carbonyl (C=O) groups excluding carboxylic acids is 4. The van der Waals surface area contributed by atoms with Gasteiger partial charge in [0.2, 0.25) is 0 Å². The maximum absolute atomic E-state index is 13.0. The van der Waals surface area contributed by atoms with E-state index in [1.165, 1.54) is 0 Å². The van der Waals surface area contributed by atoms with Crippen LogP contribution >= 0.6 is 0 Å². The first kappa shape index (κ1) is 38.3. The van der Waals surface area contributed by atoms with Crippen LogP contribution in [0.2, 0.25) is 0 Å². The Morgan fingerprint density at radius 2 is 0.709 bits per heavy atom. The average molecular weight is 821 g/mol. The number of ether oxygens (including phenoxy) is 3. The van der Waals surface area contributed by atoms with E-state index in [1.54, 1.807) is 0 Å². The molecule has 17 nitrogen and oxygen atoms in total. The van der Waals surface area contributed by atoms with Gasteiger partial charge in [0.25, 0.3) is 23.6 Å². The van der Waals surface area contributed by atoms with Gasteiger partial charge in [0.1, 0.15) is 34.5 Å². The molecule has 0 bridgehead atoms. The van der Waals surface area contributed by atoms with Crippen molar-refractivity contribution in [1.82, 2.24) is 10.1 Å². The van der Waals surface area contributed by atoms with Crippen LogP contribution in [0.25, 0.3) is 0 Å². The van der Waals surface area contributed by atoms with Crippen LogP contribution in [-0.4, -0.2) is 63.3 Å². The largest absolute Gasteiger partial charge is 0.573 e. The third kappa shape index (κ3) is 8.86. The highest BCUT2D eigenvalue weighted by Crippen LogP contribution is 2.34. The predicted molar refractivity (Wildman–Crippen MR) is 161 cm³/mol. The van der Waals surface area contributed by atoms with Gasteiger partial charge in [-0.1, -0.05) is 0 Å². The lowest BCUT2D eigenvalue weighted by Crippen LogP contribution is -2.34. The van der Waals surface area contributed by atoms with E-state index in [0.717, 1.165) is 84.9 Å². The number of nitrogens with zero attached hydrogens (tertiary/aromatic N) is 2. The number of hydrogen-bond acceptors (Lipinski definition) is 15. The van der Waals surface area contributed by atoms with E-state index >= 15 is 0 Å². The van der Waals surface area contributed by atoms with Gasteiger partial charge in [-0.15, -0.1) is 45.0 Å². The summed E-state index contributed by atoms with van der Waals surface area (Å²) in [5, 5.41) is -0.345. The standard InChI is InChI=1S/C30H14F6N2O15S2/c31-29(32,33)48-15-1-5-17(6-2-15)50-54(43,44)52-37-25(39)21-11-9-19(13-23(21)27(37)41)47-20-10-12-22-24(14-20)28(42)38(26(22)40)53-55(45,46)51-18-7-3-16(4-8-18)49-30(34,35)36/h1-14H. The number of hydroxylamine groups is 4. The fourth-order valence-electron chi connectivity index (χ4n) is 4.64. The monoisotopic (exact) mass is 820 g/mol. The molecule has 0 N–H and O–H groups in total. The van der Waals surface area contributed by atoms with Crippen LogP contribution in [0.4, 0.5) is 26.3 Å². The minimum Gasteiger partial charge on any atom is -0.457 e. The molecule has 0 spiro atoms. The zero-order valence-electron chi connectivity index (χ0n) is 26.2. The summed E-state index contributed by atoms with van der Waals surface area (Å²) in [6.07, 6.45) is -10.1. The molecule has 0 fully saturated rings. The molecule has 4 aromatic carbocycles. The highest BCUT2D eigenvalue weighted by Gasteiger charge is 2.43. The van der Waals surface area contributed by atoms with Crippen molar-refractivity contribution in [2.45, 2.75) is 12.7 Å². The van der Waals surface area contributed by atoms with E-state index in [4.69, 9.17) is 4.74 Å². The van der Waals surface area contributed by atoms with Gasteiger partial charge in [0.15, 0.2) is 0 Å². The summed E-state index contributed by atoms with van der Waals surface area (Å²) >= 11 is 0. The van der Waals surface area contributed by atoms with Gasteiger partial charge < -0.3 is 22.6 Å². The fraction of sp³-hybridized carbons (Fsp3) is 0.0667. The lowest BCUT2D eigenvalue weighted by atomic mass is 10.1. The van der Waals surface area contributed by atoms with Gasteiger partial charge in [-0.3, -0.25) is 19.2 Å². The Balaban J connectivity index is 1.10. The van der Waals surface area contributed by atoms with E-state index < -0.39 is 91.3 Å². The number of fused-ring (bicyclic) bond motifs is 2. The van der Waals surface area contributed by atoms with Crippen LogP contribution in [0.5, 0.6) is 34.5 Å². The molecule has 2 aliphatic rings. The summed E-state index contributed by atoms with van der Waals surface area (Å²) in [6, 6.07) is 12.3. The minimum absolute atomic E-state index is 0.172. The second-order valence-corrected chi connectivity index (χ2v) is 12.8. The normalized spacial score (nSPS) is 14.5. The lowest BCUT2D eigenvalue weighted by Gasteiger charge is -2.13. The van der Waals surface area contributed by atoms with E-state index in [2.05, 4.69) is 26.4 Å². The summed E-state index contributed by atoms with van der Waals surface area (Å²) in [4.78, 5) is 51.5. The maximum Gasteiger partial charge on any atom is 0.573 e. The van der Waals surface area contributed by atoms with Gasteiger partial charge in [-0.25, -0.2) is 0 Å². The van der Waals surface area contributed by atoms with Crippen molar-refractivity contribution in [3.8, 4) is 34.5 Å². The highest BCUT2D eigenvalue weighted by atomic mass is 32.3. The van der Waals surface area contributed by atoms with Crippen LogP contribution in [-0.2, 0) is 29.4 Å². The van der Waals surface area contributed by atoms with Crippen molar-refractivity contribution in [2.24, 2.45) is 0 Å². The van der Waals surface area contributed by atoms with Crippen molar-refractivity contribution in [3.63, 3.8) is 0 Å². The van der Waals surface area contributed by atoms with Crippen LogP contribution in [0.1, 0.15) is 41.4 Å². The van der Waals surface area contributed by atoms with E-state index in [-0.39, 0.29) is 32.8 Å². The molecule has 0 unspecified atom stereocenters. The molecule has 0 saturated carbocycles. The molecule has 0 radical (unpaired) electrons. The van der Waals surface area contributed by atoms with Gasteiger partial charge in [0.05, 0.1) is 22.3 Å². The number of halogens is 6. The number of carbonyl (C=O) groups is 4. The number of imide groups is 2. The zero-order chi connectivity index (χ0) is 40.1. The zero-order valence-corrected chi connectivity index (χ0v) is 27.8. The minimum atomic E-state index is -5.23. The van der Waals surface area contributed by atoms with Crippen LogP contribution in [0.3, 0.4) is 0 Å². The Morgan fingerprint density at radius 3 is 1.04 bits per heavy atom. The molecule has 2 aliphatic heterocycles. The Labute approximate surface area is 302 Å². The second-order valence-electron chi connectivity index (χ2n) is 10.5. The number of rotatable bonds is 12. The molecule has 0 aliphatic carbocycles. The van der Waals surface area contributed by atoms with Gasteiger partial charge in [-0.2, -0.15) is 16.8 Å². The van der Waals surface area contributed by atoms with E-state index in [9.17, 15) is 62.4 Å².